The summed E-state index contributed by atoms with van der Waals surface area (Å²) in [6.45, 7) is 9.09. The summed E-state index contributed by atoms with van der Waals surface area (Å²) in [5.74, 6) is 0.486. The van der Waals surface area contributed by atoms with Crippen molar-refractivity contribution in [3.63, 3.8) is 0 Å². The summed E-state index contributed by atoms with van der Waals surface area (Å²) in [5.41, 5.74) is 2.39. The largest absolute Gasteiger partial charge is 0.450 e. The molecule has 1 amide bonds. The van der Waals surface area contributed by atoms with Gasteiger partial charge >= 0.3 is 6.09 Å². The highest BCUT2D eigenvalue weighted by atomic mass is 35.5. The van der Waals surface area contributed by atoms with Crippen molar-refractivity contribution in [1.82, 2.24) is 19.6 Å². The van der Waals surface area contributed by atoms with Gasteiger partial charge in [0.05, 0.1) is 17.8 Å². The fraction of sp³-hybridized carbons (Fsp3) is 0.636. The summed E-state index contributed by atoms with van der Waals surface area (Å²) in [6, 6.07) is 6.68. The Morgan fingerprint density at radius 2 is 1.86 bits per heavy atom. The minimum atomic E-state index is -0.165. The van der Waals surface area contributed by atoms with Gasteiger partial charge in [0.2, 0.25) is 0 Å². The molecular weight excluding hydrogens is 388 g/mol. The number of amides is 1. The SMILES string of the molecule is CCOC(=O)N1CCC(N2CCC(c3nn(CC)c4ccc(Cl)cc34)CC2)CC1. The number of rotatable bonds is 4. The van der Waals surface area contributed by atoms with E-state index < -0.39 is 0 Å². The number of ether oxygens (including phenoxy) is 1. The molecule has 4 rings (SSSR count). The smallest absolute Gasteiger partial charge is 0.409 e. The number of benzene rings is 1. The molecule has 0 atom stereocenters. The molecule has 0 spiro atoms. The number of nitrogens with zero attached hydrogens (tertiary/aromatic N) is 4. The van der Waals surface area contributed by atoms with Crippen LogP contribution in [0.25, 0.3) is 10.9 Å². The van der Waals surface area contributed by atoms with Gasteiger partial charge < -0.3 is 14.5 Å². The van der Waals surface area contributed by atoms with Crippen molar-refractivity contribution in [2.75, 3.05) is 32.8 Å². The summed E-state index contributed by atoms with van der Waals surface area (Å²) >= 11 is 6.28. The zero-order chi connectivity index (χ0) is 20.4. The van der Waals surface area contributed by atoms with Crippen LogP contribution >= 0.6 is 11.6 Å². The van der Waals surface area contributed by atoms with Gasteiger partial charge in [-0.25, -0.2) is 4.79 Å². The van der Waals surface area contributed by atoms with Crippen molar-refractivity contribution in [3.05, 3.63) is 28.9 Å². The van der Waals surface area contributed by atoms with E-state index >= 15 is 0 Å². The van der Waals surface area contributed by atoms with Crippen LogP contribution in [0.2, 0.25) is 5.02 Å². The van der Waals surface area contributed by atoms with Crippen LogP contribution in [0.15, 0.2) is 18.2 Å². The van der Waals surface area contributed by atoms with Crippen LogP contribution in [0, 0.1) is 0 Å². The lowest BCUT2D eigenvalue weighted by molar-refractivity contribution is 0.0661. The van der Waals surface area contributed by atoms with Crippen LogP contribution in [0.1, 0.15) is 51.1 Å². The van der Waals surface area contributed by atoms with Crippen LogP contribution in [0.4, 0.5) is 4.79 Å². The maximum atomic E-state index is 11.9. The summed E-state index contributed by atoms with van der Waals surface area (Å²) in [5, 5.41) is 6.93. The number of hydrogen-bond donors (Lipinski definition) is 0. The van der Waals surface area contributed by atoms with Crippen LogP contribution in [0.5, 0.6) is 0 Å². The highest BCUT2D eigenvalue weighted by Crippen LogP contribution is 2.35. The molecule has 0 unspecified atom stereocenters. The monoisotopic (exact) mass is 418 g/mol. The second-order valence-electron chi connectivity index (χ2n) is 8.09. The highest BCUT2D eigenvalue weighted by Gasteiger charge is 2.31. The molecule has 158 valence electrons. The summed E-state index contributed by atoms with van der Waals surface area (Å²) in [6.07, 6.45) is 4.15. The first-order valence-corrected chi connectivity index (χ1v) is 11.3. The lowest BCUT2D eigenvalue weighted by Gasteiger charge is -2.41. The molecule has 7 heteroatoms. The van der Waals surface area contributed by atoms with Crippen molar-refractivity contribution in [1.29, 1.82) is 0 Å². The molecule has 1 aromatic heterocycles. The zero-order valence-corrected chi connectivity index (χ0v) is 18.2. The van der Waals surface area contributed by atoms with Gasteiger partial charge in [0.1, 0.15) is 0 Å². The number of likely N-dealkylation sites (tertiary alicyclic amines) is 2. The summed E-state index contributed by atoms with van der Waals surface area (Å²) < 4.78 is 7.23. The number of carbonyl (C=O) groups is 1. The number of aryl methyl sites for hydroxylation is 1. The lowest BCUT2D eigenvalue weighted by atomic mass is 9.90. The molecule has 0 radical (unpaired) electrons. The van der Waals surface area contributed by atoms with Gasteiger partial charge in [-0.2, -0.15) is 5.10 Å². The Balaban J connectivity index is 1.38. The normalized spacial score (nSPS) is 19.8. The molecule has 2 saturated heterocycles. The maximum Gasteiger partial charge on any atom is 0.409 e. The Kier molecular flexibility index (Phi) is 6.30. The van der Waals surface area contributed by atoms with Crippen molar-refractivity contribution >= 4 is 28.6 Å². The quantitative estimate of drug-likeness (QED) is 0.733. The van der Waals surface area contributed by atoms with Gasteiger partial charge in [0.25, 0.3) is 0 Å². The van der Waals surface area contributed by atoms with E-state index in [9.17, 15) is 4.79 Å². The highest BCUT2D eigenvalue weighted by molar-refractivity contribution is 6.31. The van der Waals surface area contributed by atoms with E-state index in [0.717, 1.165) is 63.4 Å². The second-order valence-corrected chi connectivity index (χ2v) is 8.53. The number of piperidine rings is 2. The number of aromatic nitrogens is 2. The molecule has 2 fully saturated rings. The topological polar surface area (TPSA) is 50.6 Å². The molecule has 0 N–H and O–H groups in total. The van der Waals surface area contributed by atoms with Crippen LogP contribution in [-0.4, -0.2) is 64.5 Å². The maximum absolute atomic E-state index is 11.9. The van der Waals surface area contributed by atoms with Gasteiger partial charge in [-0.05, 0) is 70.8 Å². The van der Waals surface area contributed by atoms with Gasteiger partial charge in [-0.15, -0.1) is 0 Å². The average Bonchev–Trinajstić information content (AvgIpc) is 3.12. The number of halogens is 1. The van der Waals surface area contributed by atoms with E-state index in [1.54, 1.807) is 0 Å². The molecule has 2 aromatic rings. The van der Waals surface area contributed by atoms with Crippen molar-refractivity contribution in [2.24, 2.45) is 0 Å². The summed E-state index contributed by atoms with van der Waals surface area (Å²) in [4.78, 5) is 16.4. The third kappa shape index (κ3) is 4.24. The molecule has 3 heterocycles. The molecule has 0 aliphatic carbocycles. The predicted octanol–water partition coefficient (Wildman–Crippen LogP) is 4.51. The fourth-order valence-corrected chi connectivity index (χ4v) is 5.06. The first-order valence-electron chi connectivity index (χ1n) is 10.9. The second kappa shape index (κ2) is 8.92. The molecule has 1 aromatic carbocycles. The van der Waals surface area contributed by atoms with Crippen LogP contribution in [-0.2, 0) is 11.3 Å². The van der Waals surface area contributed by atoms with E-state index in [-0.39, 0.29) is 6.09 Å². The Hall–Kier alpha value is -1.79. The standard InChI is InChI=1S/C22H31ClN4O2/c1-3-27-20-6-5-17(23)15-19(20)21(24-27)16-7-11-25(12-8-16)18-9-13-26(14-10-18)22(28)29-4-2/h5-6,15-16,18H,3-4,7-14H2,1-2H3. The molecule has 0 bridgehead atoms. The Bertz CT molecular complexity index is 852. The molecule has 29 heavy (non-hydrogen) atoms. The van der Waals surface area contributed by atoms with Crippen molar-refractivity contribution < 1.29 is 9.53 Å². The fourth-order valence-electron chi connectivity index (χ4n) is 4.89. The molecule has 2 aliphatic rings. The minimum absolute atomic E-state index is 0.165. The number of carbonyl (C=O) groups excluding carboxylic acids is 1. The van der Waals surface area contributed by atoms with Crippen molar-refractivity contribution in [3.8, 4) is 0 Å². The van der Waals surface area contributed by atoms with E-state index in [0.29, 0.717) is 18.6 Å². The number of hydrogen-bond acceptors (Lipinski definition) is 4. The Labute approximate surface area is 177 Å². The number of fused-ring (bicyclic) bond motifs is 1. The molecule has 6 nitrogen and oxygen atoms in total. The minimum Gasteiger partial charge on any atom is -0.450 e. The zero-order valence-electron chi connectivity index (χ0n) is 17.4. The van der Waals surface area contributed by atoms with Crippen LogP contribution < -0.4 is 0 Å². The van der Waals surface area contributed by atoms with Gasteiger partial charge in [0.15, 0.2) is 0 Å². The van der Waals surface area contributed by atoms with E-state index in [1.165, 1.54) is 16.6 Å². The molecule has 2 aliphatic heterocycles. The van der Waals surface area contributed by atoms with Crippen molar-refractivity contribution in [2.45, 2.75) is 58.0 Å². The van der Waals surface area contributed by atoms with E-state index in [2.05, 4.69) is 28.6 Å². The molecular formula is C22H31ClN4O2. The van der Waals surface area contributed by atoms with Gasteiger partial charge in [0, 0.05) is 42.0 Å². The molecule has 0 saturated carbocycles. The van der Waals surface area contributed by atoms with E-state index in [4.69, 9.17) is 21.4 Å². The Morgan fingerprint density at radius 1 is 1.14 bits per heavy atom. The summed E-state index contributed by atoms with van der Waals surface area (Å²) in [7, 11) is 0. The van der Waals surface area contributed by atoms with E-state index in [1.807, 2.05) is 17.9 Å². The lowest BCUT2D eigenvalue weighted by Crippen LogP contribution is -2.49. The van der Waals surface area contributed by atoms with Gasteiger partial charge in [-0.3, -0.25) is 4.68 Å². The third-order valence-corrected chi connectivity index (χ3v) is 6.70. The predicted molar refractivity (Wildman–Crippen MR) is 116 cm³/mol. The first kappa shape index (κ1) is 20.5. The third-order valence-electron chi connectivity index (χ3n) is 6.46. The Morgan fingerprint density at radius 3 is 2.52 bits per heavy atom. The van der Waals surface area contributed by atoms with Gasteiger partial charge in [-0.1, -0.05) is 11.6 Å². The van der Waals surface area contributed by atoms with Crippen LogP contribution in [0.3, 0.4) is 0 Å². The first-order chi connectivity index (χ1) is 14.1. The average molecular weight is 419 g/mol.